The van der Waals surface area contributed by atoms with E-state index in [0.717, 1.165) is 0 Å². The van der Waals surface area contributed by atoms with Crippen LogP contribution in [-0.4, -0.2) is 26.7 Å². The minimum Gasteiger partial charge on any atom is -0.371 e. The summed E-state index contributed by atoms with van der Waals surface area (Å²) in [5, 5.41) is 7.31. The van der Waals surface area contributed by atoms with Crippen molar-refractivity contribution >= 4 is 17.4 Å². The molecule has 20 heavy (non-hydrogen) atoms. The van der Waals surface area contributed by atoms with Gasteiger partial charge in [-0.15, -0.1) is 0 Å². The van der Waals surface area contributed by atoms with Gasteiger partial charge < -0.3 is 14.6 Å². The van der Waals surface area contributed by atoms with E-state index in [9.17, 15) is 0 Å². The number of aromatic nitrogens is 4. The van der Waals surface area contributed by atoms with Gasteiger partial charge in [0, 0.05) is 12.7 Å². The highest BCUT2D eigenvalue weighted by molar-refractivity contribution is 6.29. The largest absolute Gasteiger partial charge is 0.371 e. The Bertz CT molecular complexity index is 554. The molecule has 1 N–H and O–H groups in total. The van der Waals surface area contributed by atoms with Crippen molar-refractivity contribution in [1.29, 1.82) is 0 Å². The third-order valence-electron chi connectivity index (χ3n) is 2.49. The van der Waals surface area contributed by atoms with E-state index in [-0.39, 0.29) is 6.10 Å². The van der Waals surface area contributed by atoms with Crippen LogP contribution in [0.4, 0.5) is 5.82 Å². The first kappa shape index (κ1) is 14.7. The summed E-state index contributed by atoms with van der Waals surface area (Å²) in [6, 6.07) is 1.63. The molecule has 2 rings (SSSR count). The number of aryl methyl sites for hydroxylation is 1. The van der Waals surface area contributed by atoms with Gasteiger partial charge in [0.2, 0.25) is 5.89 Å². The number of anilines is 1. The second-order valence-electron chi connectivity index (χ2n) is 4.12. The standard InChI is InChI=1S/C12H16ClN5O2/c1-4-19-7(2)12-17-11(20-18-12)6-14-10-5-9(13)15-8(3)16-10/h5,7H,4,6H2,1-3H3,(H,14,15,16)/t7-/m1/s1. The lowest BCUT2D eigenvalue weighted by Crippen LogP contribution is -2.05. The van der Waals surface area contributed by atoms with Gasteiger partial charge in [-0.2, -0.15) is 4.98 Å². The van der Waals surface area contributed by atoms with E-state index >= 15 is 0 Å². The molecule has 1 atom stereocenters. The zero-order valence-corrected chi connectivity index (χ0v) is 12.3. The monoisotopic (exact) mass is 297 g/mol. The summed E-state index contributed by atoms with van der Waals surface area (Å²) in [5.41, 5.74) is 0. The number of rotatable bonds is 6. The fraction of sp³-hybridized carbons (Fsp3) is 0.500. The number of hydrogen-bond acceptors (Lipinski definition) is 7. The molecule has 108 valence electrons. The quantitative estimate of drug-likeness (QED) is 0.820. The minimum absolute atomic E-state index is 0.187. The van der Waals surface area contributed by atoms with Crippen LogP contribution in [0.15, 0.2) is 10.6 Å². The second kappa shape index (κ2) is 6.62. The predicted molar refractivity (Wildman–Crippen MR) is 73.4 cm³/mol. The smallest absolute Gasteiger partial charge is 0.246 e. The SMILES string of the molecule is CCO[C@H](C)c1noc(CNc2cc(Cl)nc(C)n2)n1. The lowest BCUT2D eigenvalue weighted by atomic mass is 10.4. The van der Waals surface area contributed by atoms with Gasteiger partial charge in [-0.25, -0.2) is 9.97 Å². The van der Waals surface area contributed by atoms with Gasteiger partial charge in [0.1, 0.15) is 22.9 Å². The third-order valence-corrected chi connectivity index (χ3v) is 2.69. The van der Waals surface area contributed by atoms with Crippen LogP contribution < -0.4 is 5.32 Å². The number of nitrogens with zero attached hydrogens (tertiary/aromatic N) is 4. The molecular weight excluding hydrogens is 282 g/mol. The van der Waals surface area contributed by atoms with Crippen molar-refractivity contribution in [1.82, 2.24) is 20.1 Å². The molecule has 0 aliphatic carbocycles. The van der Waals surface area contributed by atoms with Crippen molar-refractivity contribution in [2.24, 2.45) is 0 Å². The number of nitrogens with one attached hydrogen (secondary N) is 1. The van der Waals surface area contributed by atoms with Gasteiger partial charge >= 0.3 is 0 Å². The van der Waals surface area contributed by atoms with Crippen molar-refractivity contribution in [3.63, 3.8) is 0 Å². The molecular formula is C12H16ClN5O2. The van der Waals surface area contributed by atoms with Crippen molar-refractivity contribution in [3.8, 4) is 0 Å². The Kier molecular flexibility index (Phi) is 4.86. The average Bonchev–Trinajstić information content (AvgIpc) is 2.84. The Hall–Kier alpha value is -1.73. The summed E-state index contributed by atoms with van der Waals surface area (Å²) >= 11 is 5.85. The van der Waals surface area contributed by atoms with Crippen molar-refractivity contribution in [3.05, 3.63) is 28.8 Å². The molecule has 0 amide bonds. The van der Waals surface area contributed by atoms with Gasteiger partial charge in [-0.1, -0.05) is 16.8 Å². The van der Waals surface area contributed by atoms with E-state index in [1.165, 1.54) is 0 Å². The lowest BCUT2D eigenvalue weighted by Gasteiger charge is -2.05. The molecule has 8 heteroatoms. The van der Waals surface area contributed by atoms with Crippen molar-refractivity contribution in [2.45, 2.75) is 33.4 Å². The molecule has 7 nitrogen and oxygen atoms in total. The number of halogens is 1. The van der Waals surface area contributed by atoms with Gasteiger partial charge in [-0.3, -0.25) is 0 Å². The van der Waals surface area contributed by atoms with E-state index in [1.807, 2.05) is 13.8 Å². The summed E-state index contributed by atoms with van der Waals surface area (Å²) in [6.07, 6.45) is -0.187. The Labute approximate surface area is 121 Å². The highest BCUT2D eigenvalue weighted by atomic mass is 35.5. The fourth-order valence-corrected chi connectivity index (χ4v) is 1.84. The van der Waals surface area contributed by atoms with E-state index < -0.39 is 0 Å². The first-order valence-corrected chi connectivity index (χ1v) is 6.65. The minimum atomic E-state index is -0.187. The van der Waals surface area contributed by atoms with Gasteiger partial charge in [0.15, 0.2) is 5.82 Å². The Morgan fingerprint density at radius 3 is 2.90 bits per heavy atom. The summed E-state index contributed by atoms with van der Waals surface area (Å²) < 4.78 is 10.5. The molecule has 0 saturated carbocycles. The number of ether oxygens (including phenoxy) is 1. The van der Waals surface area contributed by atoms with Crippen LogP contribution in [-0.2, 0) is 11.3 Å². The lowest BCUT2D eigenvalue weighted by molar-refractivity contribution is 0.0683. The topological polar surface area (TPSA) is 86.0 Å². The molecule has 0 unspecified atom stereocenters. The van der Waals surface area contributed by atoms with Gasteiger partial charge in [0.05, 0.1) is 6.54 Å². The van der Waals surface area contributed by atoms with Crippen LogP contribution in [0.1, 0.15) is 37.5 Å². The third kappa shape index (κ3) is 3.88. The van der Waals surface area contributed by atoms with Crippen molar-refractivity contribution < 1.29 is 9.26 Å². The normalized spacial score (nSPS) is 12.4. The van der Waals surface area contributed by atoms with E-state index in [1.54, 1.807) is 13.0 Å². The van der Waals surface area contributed by atoms with E-state index in [2.05, 4.69) is 25.4 Å². The van der Waals surface area contributed by atoms with Crippen LogP contribution in [0.2, 0.25) is 5.15 Å². The zero-order chi connectivity index (χ0) is 14.5. The molecule has 0 aliphatic rings. The summed E-state index contributed by atoms with van der Waals surface area (Å²) in [6.45, 7) is 6.52. The maximum Gasteiger partial charge on any atom is 0.246 e. The predicted octanol–water partition coefficient (Wildman–Crippen LogP) is 2.53. The molecule has 2 aromatic rings. The second-order valence-corrected chi connectivity index (χ2v) is 4.51. The Morgan fingerprint density at radius 1 is 1.40 bits per heavy atom. The molecule has 2 heterocycles. The van der Waals surface area contributed by atoms with Crippen LogP contribution >= 0.6 is 11.6 Å². The first-order valence-electron chi connectivity index (χ1n) is 6.27. The van der Waals surface area contributed by atoms with Gasteiger partial charge in [0.25, 0.3) is 0 Å². The van der Waals surface area contributed by atoms with Gasteiger partial charge in [-0.05, 0) is 20.8 Å². The zero-order valence-electron chi connectivity index (χ0n) is 11.6. The van der Waals surface area contributed by atoms with Crippen LogP contribution in [0, 0.1) is 6.92 Å². The molecule has 0 aromatic carbocycles. The van der Waals surface area contributed by atoms with E-state index in [0.29, 0.717) is 41.7 Å². The molecule has 0 saturated heterocycles. The Balaban J connectivity index is 1.97. The summed E-state index contributed by atoms with van der Waals surface area (Å²) in [5.74, 6) is 2.19. The number of hydrogen-bond donors (Lipinski definition) is 1. The van der Waals surface area contributed by atoms with Crippen molar-refractivity contribution in [2.75, 3.05) is 11.9 Å². The molecule has 0 fully saturated rings. The fourth-order valence-electron chi connectivity index (χ4n) is 1.62. The maximum absolute atomic E-state index is 5.85. The molecule has 2 aromatic heterocycles. The highest BCUT2D eigenvalue weighted by Gasteiger charge is 2.13. The average molecular weight is 298 g/mol. The summed E-state index contributed by atoms with van der Waals surface area (Å²) in [7, 11) is 0. The molecule has 0 bridgehead atoms. The van der Waals surface area contributed by atoms with Crippen LogP contribution in [0.25, 0.3) is 0 Å². The highest BCUT2D eigenvalue weighted by Crippen LogP contribution is 2.14. The van der Waals surface area contributed by atoms with E-state index in [4.69, 9.17) is 20.9 Å². The first-order chi connectivity index (χ1) is 9.58. The molecule has 0 spiro atoms. The molecule has 0 aliphatic heterocycles. The maximum atomic E-state index is 5.85. The summed E-state index contributed by atoms with van der Waals surface area (Å²) in [4.78, 5) is 12.4. The molecule has 0 radical (unpaired) electrons. The van der Waals surface area contributed by atoms with Crippen LogP contribution in [0.3, 0.4) is 0 Å². The Morgan fingerprint density at radius 2 is 2.20 bits per heavy atom. The van der Waals surface area contributed by atoms with Crippen LogP contribution in [0.5, 0.6) is 0 Å².